The third-order valence-corrected chi connectivity index (χ3v) is 4.02. The lowest BCUT2D eigenvalue weighted by molar-refractivity contribution is 0.483. The average molecular weight is 349 g/mol. The summed E-state index contributed by atoms with van der Waals surface area (Å²) in [6.45, 7) is 0. The molecule has 0 aliphatic carbocycles. The Kier molecular flexibility index (Phi) is 3.76. The quantitative estimate of drug-likeness (QED) is 0.487. The summed E-state index contributed by atoms with van der Waals surface area (Å²) in [5.41, 5.74) is 7.35. The molecule has 0 saturated carbocycles. The summed E-state index contributed by atoms with van der Waals surface area (Å²) in [6.07, 6.45) is 0. The fourth-order valence-electron chi connectivity index (χ4n) is 2.09. The molecule has 2 aromatic carbocycles. The maximum absolute atomic E-state index is 11.4. The molecule has 0 saturated heterocycles. The summed E-state index contributed by atoms with van der Waals surface area (Å²) in [4.78, 5) is 4.02. The van der Waals surface area contributed by atoms with Crippen LogP contribution in [0.3, 0.4) is 0 Å². The van der Waals surface area contributed by atoms with E-state index in [1.54, 1.807) is 24.3 Å². The van der Waals surface area contributed by atoms with Crippen LogP contribution in [0.5, 0.6) is 0 Å². The lowest BCUT2D eigenvalue weighted by atomic mass is 10.2. The maximum atomic E-state index is 11.4. The number of aromatic nitrogens is 1. The lowest BCUT2D eigenvalue weighted by Crippen LogP contribution is -2.19. The van der Waals surface area contributed by atoms with E-state index < -0.39 is 10.1 Å². The predicted octanol–water partition coefficient (Wildman–Crippen LogP) is 2.40. The van der Waals surface area contributed by atoms with Crippen LogP contribution < -0.4 is 11.1 Å². The van der Waals surface area contributed by atoms with E-state index >= 15 is 0 Å². The highest BCUT2D eigenvalue weighted by atomic mass is 32.2. The number of hydrogen-bond acceptors (Lipinski definition) is 5. The molecule has 7 nitrogen and oxygen atoms in total. The average Bonchev–Trinajstić information content (AvgIpc) is 2.89. The molecule has 0 aliphatic heterocycles. The molecule has 0 unspecified atom stereocenters. The Bertz CT molecular complexity index is 979. The summed E-state index contributed by atoms with van der Waals surface area (Å²) in [5.74, 6) is 0.176. The van der Waals surface area contributed by atoms with Crippen molar-refractivity contribution in [2.45, 2.75) is 4.90 Å². The van der Waals surface area contributed by atoms with Gasteiger partial charge in [-0.3, -0.25) is 4.55 Å². The van der Waals surface area contributed by atoms with Crippen molar-refractivity contribution in [1.82, 2.24) is 4.98 Å². The second-order valence-corrected chi connectivity index (χ2v) is 6.52. The van der Waals surface area contributed by atoms with Crippen LogP contribution in [0.15, 0.2) is 51.8 Å². The molecule has 23 heavy (non-hydrogen) atoms. The number of rotatable bonds is 3. The van der Waals surface area contributed by atoms with Gasteiger partial charge in [0, 0.05) is 0 Å². The number of anilines is 1. The molecule has 1 aromatic heterocycles. The Morgan fingerprint density at radius 1 is 1.26 bits per heavy atom. The van der Waals surface area contributed by atoms with Crippen molar-refractivity contribution < 1.29 is 17.4 Å². The van der Waals surface area contributed by atoms with E-state index in [1.807, 2.05) is 0 Å². The Labute approximate surface area is 136 Å². The van der Waals surface area contributed by atoms with Crippen molar-refractivity contribution in [3.05, 3.63) is 42.5 Å². The molecule has 0 radical (unpaired) electrons. The highest BCUT2D eigenvalue weighted by molar-refractivity contribution is 7.85. The Morgan fingerprint density at radius 3 is 2.65 bits per heavy atom. The van der Waals surface area contributed by atoms with Crippen LogP contribution in [-0.4, -0.2) is 23.1 Å². The van der Waals surface area contributed by atoms with Crippen LogP contribution in [0.25, 0.3) is 22.6 Å². The summed E-state index contributed by atoms with van der Waals surface area (Å²) >= 11 is 4.81. The second kappa shape index (κ2) is 5.61. The molecular formula is C14H11N3O4S2. The normalized spacial score (nSPS) is 11.5. The minimum atomic E-state index is -4.37. The van der Waals surface area contributed by atoms with E-state index in [4.69, 9.17) is 22.4 Å². The number of hydrogen-bond donors (Lipinski definition) is 3. The van der Waals surface area contributed by atoms with E-state index in [0.717, 1.165) is 0 Å². The molecule has 3 rings (SSSR count). The van der Waals surface area contributed by atoms with Gasteiger partial charge in [-0.1, -0.05) is 12.1 Å². The highest BCUT2D eigenvalue weighted by Crippen LogP contribution is 2.32. The first kappa shape index (κ1) is 15.4. The third-order valence-electron chi connectivity index (χ3n) is 3.07. The van der Waals surface area contributed by atoms with Crippen LogP contribution in [0, 0.1) is 0 Å². The number of para-hydroxylation sites is 2. The topological polar surface area (TPSA) is 118 Å². The number of nitrogens with one attached hydrogen (secondary N) is 1. The minimum Gasteiger partial charge on any atom is -0.436 e. The van der Waals surface area contributed by atoms with E-state index in [1.165, 1.54) is 18.2 Å². The monoisotopic (exact) mass is 349 g/mol. The van der Waals surface area contributed by atoms with Gasteiger partial charge >= 0.3 is 0 Å². The van der Waals surface area contributed by atoms with Crippen LogP contribution in [-0.2, 0) is 10.1 Å². The highest BCUT2D eigenvalue weighted by Gasteiger charge is 2.18. The molecular weight excluding hydrogens is 338 g/mol. The first-order chi connectivity index (χ1) is 10.8. The molecule has 0 aliphatic rings. The van der Waals surface area contributed by atoms with Crippen LogP contribution >= 0.6 is 12.2 Å². The Morgan fingerprint density at radius 2 is 2.00 bits per heavy atom. The zero-order valence-corrected chi connectivity index (χ0v) is 13.2. The van der Waals surface area contributed by atoms with Gasteiger partial charge in [-0.15, -0.1) is 0 Å². The lowest BCUT2D eigenvalue weighted by Gasteiger charge is -2.09. The predicted molar refractivity (Wildman–Crippen MR) is 89.7 cm³/mol. The minimum absolute atomic E-state index is 0.00182. The number of thiocarbonyl (C=S) groups is 1. The fourth-order valence-corrected chi connectivity index (χ4v) is 2.71. The van der Waals surface area contributed by atoms with Crippen LogP contribution in [0.4, 0.5) is 5.69 Å². The Hall–Kier alpha value is -2.49. The number of oxazole rings is 1. The summed E-state index contributed by atoms with van der Waals surface area (Å²) < 4.78 is 37.6. The molecule has 1 heterocycles. The van der Waals surface area contributed by atoms with Crippen molar-refractivity contribution in [3.63, 3.8) is 0 Å². The van der Waals surface area contributed by atoms with Gasteiger partial charge in [0.1, 0.15) is 5.52 Å². The molecule has 118 valence electrons. The van der Waals surface area contributed by atoms with Crippen LogP contribution in [0.2, 0.25) is 0 Å². The largest absolute Gasteiger partial charge is 0.436 e. The van der Waals surface area contributed by atoms with E-state index in [2.05, 4.69) is 10.3 Å². The van der Waals surface area contributed by atoms with Crippen LogP contribution in [0.1, 0.15) is 0 Å². The first-order valence-electron chi connectivity index (χ1n) is 6.38. The molecule has 0 amide bonds. The van der Waals surface area contributed by atoms with E-state index in [-0.39, 0.29) is 15.9 Å². The summed E-state index contributed by atoms with van der Waals surface area (Å²) in [5, 5.41) is 2.73. The fraction of sp³-hybridized carbons (Fsp3) is 0. The van der Waals surface area contributed by atoms with Crippen molar-refractivity contribution in [3.8, 4) is 11.5 Å². The zero-order chi connectivity index (χ0) is 16.6. The molecule has 0 atom stereocenters. The van der Waals surface area contributed by atoms with Gasteiger partial charge in [0.2, 0.25) is 5.89 Å². The zero-order valence-electron chi connectivity index (χ0n) is 11.6. The SMILES string of the molecule is NC(=S)Nc1ccc(S(=O)(=O)O)cc1-c1nc2ccccc2o1. The molecule has 3 aromatic rings. The van der Waals surface area contributed by atoms with Crippen molar-refractivity contribution >= 4 is 44.2 Å². The summed E-state index contributed by atoms with van der Waals surface area (Å²) in [6, 6.07) is 11.0. The van der Waals surface area contributed by atoms with Gasteiger partial charge in [-0.25, -0.2) is 4.98 Å². The summed E-state index contributed by atoms with van der Waals surface area (Å²) in [7, 11) is -4.37. The standard InChI is InChI=1S/C14H11N3O4S2/c15-14(22)17-10-6-5-8(23(18,19)20)7-9(10)13-16-11-3-1-2-4-12(11)21-13/h1-7H,(H3,15,17,22)(H,18,19,20). The van der Waals surface area contributed by atoms with Crippen molar-refractivity contribution in [2.24, 2.45) is 5.73 Å². The third kappa shape index (κ3) is 3.16. The number of nitrogens with two attached hydrogens (primary N) is 1. The van der Waals surface area contributed by atoms with Gasteiger partial charge < -0.3 is 15.5 Å². The van der Waals surface area contributed by atoms with Gasteiger partial charge in [0.25, 0.3) is 10.1 Å². The van der Waals surface area contributed by atoms with Gasteiger partial charge in [-0.05, 0) is 42.5 Å². The number of fused-ring (bicyclic) bond motifs is 1. The molecule has 0 fully saturated rings. The van der Waals surface area contributed by atoms with Crippen molar-refractivity contribution in [1.29, 1.82) is 0 Å². The van der Waals surface area contributed by atoms with Gasteiger partial charge in [0.15, 0.2) is 10.7 Å². The molecule has 9 heteroatoms. The smallest absolute Gasteiger partial charge is 0.294 e. The molecule has 0 spiro atoms. The van der Waals surface area contributed by atoms with Gasteiger partial charge in [-0.2, -0.15) is 8.42 Å². The number of nitrogens with zero attached hydrogens (tertiary/aromatic N) is 1. The number of benzene rings is 2. The second-order valence-electron chi connectivity index (χ2n) is 4.66. The van der Waals surface area contributed by atoms with E-state index in [9.17, 15) is 13.0 Å². The first-order valence-corrected chi connectivity index (χ1v) is 8.23. The maximum Gasteiger partial charge on any atom is 0.294 e. The molecule has 0 bridgehead atoms. The van der Waals surface area contributed by atoms with Gasteiger partial charge in [0.05, 0.1) is 16.1 Å². The van der Waals surface area contributed by atoms with E-state index in [0.29, 0.717) is 22.4 Å². The van der Waals surface area contributed by atoms with Crippen molar-refractivity contribution in [2.75, 3.05) is 5.32 Å². The Balaban J connectivity index is 2.23. The molecule has 4 N–H and O–H groups in total.